The predicted octanol–water partition coefficient (Wildman–Crippen LogP) is 4.90. The largest absolute Gasteiger partial charge is 0.381 e. The molecule has 0 amide bonds. The second kappa shape index (κ2) is 8.20. The van der Waals surface area contributed by atoms with Gasteiger partial charge in [0.15, 0.2) is 0 Å². The lowest BCUT2D eigenvalue weighted by molar-refractivity contribution is 0.296. The summed E-state index contributed by atoms with van der Waals surface area (Å²) in [4.78, 5) is 2.42. The van der Waals surface area contributed by atoms with E-state index in [1.54, 1.807) is 0 Å². The highest BCUT2D eigenvalue weighted by atomic mass is 79.9. The Morgan fingerprint density at radius 3 is 2.33 bits per heavy atom. The minimum atomic E-state index is 0.849. The van der Waals surface area contributed by atoms with Crippen LogP contribution in [-0.2, 0) is 13.1 Å². The molecule has 0 radical (unpaired) electrons. The van der Waals surface area contributed by atoms with E-state index in [0.717, 1.165) is 30.7 Å². The first-order chi connectivity index (χ1) is 10.2. The molecule has 0 aliphatic rings. The minimum absolute atomic E-state index is 0.849. The molecular weight excluding hydrogens is 324 g/mol. The molecule has 0 saturated heterocycles. The number of nitrogens with one attached hydrogen (secondary N) is 1. The van der Waals surface area contributed by atoms with Crippen molar-refractivity contribution < 1.29 is 0 Å². The summed E-state index contributed by atoms with van der Waals surface area (Å²) in [6.07, 6.45) is 0. The topological polar surface area (TPSA) is 15.3 Å². The van der Waals surface area contributed by atoms with Gasteiger partial charge in [-0.25, -0.2) is 0 Å². The quantitative estimate of drug-likeness (QED) is 0.766. The van der Waals surface area contributed by atoms with E-state index in [-0.39, 0.29) is 0 Å². The van der Waals surface area contributed by atoms with E-state index < -0.39 is 0 Å². The molecule has 1 N–H and O–H groups in total. The third-order valence-electron chi connectivity index (χ3n) is 3.64. The average molecular weight is 347 g/mol. The Bertz CT molecular complexity index is 547. The zero-order chi connectivity index (χ0) is 15.1. The Morgan fingerprint density at radius 2 is 1.67 bits per heavy atom. The Labute approximate surface area is 136 Å². The van der Waals surface area contributed by atoms with Crippen molar-refractivity contribution in [2.75, 3.05) is 18.4 Å². The van der Waals surface area contributed by atoms with E-state index in [4.69, 9.17) is 0 Å². The van der Waals surface area contributed by atoms with Crippen molar-refractivity contribution in [3.8, 4) is 0 Å². The van der Waals surface area contributed by atoms with Crippen LogP contribution in [0.5, 0.6) is 0 Å². The molecule has 0 unspecified atom stereocenters. The molecule has 0 aliphatic heterocycles. The molecule has 0 fully saturated rings. The maximum Gasteiger partial charge on any atom is 0.0400 e. The summed E-state index contributed by atoms with van der Waals surface area (Å²) < 4.78 is 1.12. The minimum Gasteiger partial charge on any atom is -0.381 e. The number of benzene rings is 2. The molecule has 2 aromatic carbocycles. The number of hydrogen-bond acceptors (Lipinski definition) is 2. The van der Waals surface area contributed by atoms with Gasteiger partial charge in [0.1, 0.15) is 0 Å². The molecule has 2 rings (SSSR count). The molecule has 21 heavy (non-hydrogen) atoms. The summed E-state index contributed by atoms with van der Waals surface area (Å²) in [6, 6.07) is 17.1. The maximum absolute atomic E-state index is 3.50. The molecule has 0 spiro atoms. The summed E-state index contributed by atoms with van der Waals surface area (Å²) in [5.41, 5.74) is 3.83. The lowest BCUT2D eigenvalue weighted by Crippen LogP contribution is -2.22. The molecule has 0 aromatic heterocycles. The Hall–Kier alpha value is -1.32. The fourth-order valence-corrected chi connectivity index (χ4v) is 2.56. The van der Waals surface area contributed by atoms with Crippen LogP contribution < -0.4 is 5.32 Å². The SMILES string of the molecule is CCN(CC)Cc1cccc(NCc2ccc(Br)cc2)c1. The summed E-state index contributed by atoms with van der Waals surface area (Å²) in [5, 5.41) is 3.50. The van der Waals surface area contributed by atoms with E-state index in [2.05, 4.69) is 88.5 Å². The van der Waals surface area contributed by atoms with Gasteiger partial charge in [-0.05, 0) is 48.5 Å². The molecule has 0 saturated carbocycles. The standard InChI is InChI=1S/C18H23BrN2/c1-3-21(4-2)14-16-6-5-7-18(12-16)20-13-15-8-10-17(19)11-9-15/h5-12,20H,3-4,13-14H2,1-2H3. The molecule has 2 aromatic rings. The molecule has 112 valence electrons. The van der Waals surface area contributed by atoms with Crippen molar-refractivity contribution in [2.45, 2.75) is 26.9 Å². The van der Waals surface area contributed by atoms with Crippen molar-refractivity contribution in [1.29, 1.82) is 0 Å². The van der Waals surface area contributed by atoms with Crippen LogP contribution in [0.3, 0.4) is 0 Å². The van der Waals surface area contributed by atoms with Crippen LogP contribution >= 0.6 is 15.9 Å². The van der Waals surface area contributed by atoms with Gasteiger partial charge in [0.25, 0.3) is 0 Å². The molecule has 0 aliphatic carbocycles. The van der Waals surface area contributed by atoms with Gasteiger partial charge in [-0.1, -0.05) is 54.0 Å². The molecule has 0 bridgehead atoms. The lowest BCUT2D eigenvalue weighted by Gasteiger charge is -2.18. The average Bonchev–Trinajstić information content (AvgIpc) is 2.52. The molecular formula is C18H23BrN2. The van der Waals surface area contributed by atoms with Crippen molar-refractivity contribution >= 4 is 21.6 Å². The Kier molecular flexibility index (Phi) is 6.27. The van der Waals surface area contributed by atoms with Crippen molar-refractivity contribution in [3.05, 3.63) is 64.1 Å². The van der Waals surface area contributed by atoms with Crippen LogP contribution in [0.1, 0.15) is 25.0 Å². The van der Waals surface area contributed by atoms with Crippen molar-refractivity contribution in [3.63, 3.8) is 0 Å². The highest BCUT2D eigenvalue weighted by molar-refractivity contribution is 9.10. The highest BCUT2D eigenvalue weighted by Crippen LogP contribution is 2.15. The van der Waals surface area contributed by atoms with Gasteiger partial charge in [0, 0.05) is 23.2 Å². The van der Waals surface area contributed by atoms with Crippen LogP contribution in [0.25, 0.3) is 0 Å². The number of anilines is 1. The van der Waals surface area contributed by atoms with Gasteiger partial charge < -0.3 is 5.32 Å². The molecule has 3 heteroatoms. The van der Waals surface area contributed by atoms with Crippen LogP contribution in [-0.4, -0.2) is 18.0 Å². The van der Waals surface area contributed by atoms with Gasteiger partial charge in [-0.3, -0.25) is 4.90 Å². The summed E-state index contributed by atoms with van der Waals surface area (Å²) in [5.74, 6) is 0. The van der Waals surface area contributed by atoms with Crippen LogP contribution in [0, 0.1) is 0 Å². The van der Waals surface area contributed by atoms with Gasteiger partial charge in [-0.15, -0.1) is 0 Å². The van der Waals surface area contributed by atoms with E-state index in [1.807, 2.05) is 0 Å². The zero-order valence-corrected chi connectivity index (χ0v) is 14.4. The zero-order valence-electron chi connectivity index (χ0n) is 12.8. The van der Waals surface area contributed by atoms with Gasteiger partial charge in [0.2, 0.25) is 0 Å². The van der Waals surface area contributed by atoms with Crippen LogP contribution in [0.2, 0.25) is 0 Å². The Balaban J connectivity index is 1.95. The molecule has 0 heterocycles. The van der Waals surface area contributed by atoms with Crippen molar-refractivity contribution in [1.82, 2.24) is 4.90 Å². The van der Waals surface area contributed by atoms with Crippen molar-refractivity contribution in [2.24, 2.45) is 0 Å². The fraction of sp³-hybridized carbons (Fsp3) is 0.333. The smallest absolute Gasteiger partial charge is 0.0400 e. The third kappa shape index (κ3) is 5.18. The van der Waals surface area contributed by atoms with Gasteiger partial charge in [-0.2, -0.15) is 0 Å². The number of nitrogens with zero attached hydrogens (tertiary/aromatic N) is 1. The number of hydrogen-bond donors (Lipinski definition) is 1. The first-order valence-corrected chi connectivity index (χ1v) is 8.30. The van der Waals surface area contributed by atoms with E-state index in [1.165, 1.54) is 16.8 Å². The number of halogens is 1. The summed E-state index contributed by atoms with van der Waals surface area (Å²) in [6.45, 7) is 8.46. The van der Waals surface area contributed by atoms with E-state index in [9.17, 15) is 0 Å². The third-order valence-corrected chi connectivity index (χ3v) is 4.17. The molecule has 2 nitrogen and oxygen atoms in total. The predicted molar refractivity (Wildman–Crippen MR) is 94.5 cm³/mol. The first-order valence-electron chi connectivity index (χ1n) is 7.51. The fourth-order valence-electron chi connectivity index (χ4n) is 2.29. The normalized spacial score (nSPS) is 10.9. The van der Waals surface area contributed by atoms with Gasteiger partial charge >= 0.3 is 0 Å². The lowest BCUT2D eigenvalue weighted by atomic mass is 10.1. The van der Waals surface area contributed by atoms with E-state index in [0.29, 0.717) is 0 Å². The second-order valence-electron chi connectivity index (χ2n) is 5.14. The maximum atomic E-state index is 3.50. The second-order valence-corrected chi connectivity index (χ2v) is 6.06. The molecule has 0 atom stereocenters. The highest BCUT2D eigenvalue weighted by Gasteiger charge is 2.02. The summed E-state index contributed by atoms with van der Waals surface area (Å²) >= 11 is 3.46. The Morgan fingerprint density at radius 1 is 0.952 bits per heavy atom. The number of rotatable bonds is 7. The monoisotopic (exact) mass is 346 g/mol. The summed E-state index contributed by atoms with van der Waals surface area (Å²) in [7, 11) is 0. The van der Waals surface area contributed by atoms with Crippen LogP contribution in [0.15, 0.2) is 53.0 Å². The van der Waals surface area contributed by atoms with E-state index >= 15 is 0 Å². The van der Waals surface area contributed by atoms with Gasteiger partial charge in [0.05, 0.1) is 0 Å². The van der Waals surface area contributed by atoms with Crippen LogP contribution in [0.4, 0.5) is 5.69 Å². The first kappa shape index (κ1) is 16.1.